The third kappa shape index (κ3) is 7.06. The molecular weight excluding hydrogens is 234 g/mol. The van der Waals surface area contributed by atoms with Gasteiger partial charge >= 0.3 is 0 Å². The van der Waals surface area contributed by atoms with E-state index < -0.39 is 0 Å². The average molecular weight is 265 g/mol. The van der Waals surface area contributed by atoms with Crippen LogP contribution < -0.4 is 11.2 Å². The van der Waals surface area contributed by atoms with E-state index >= 15 is 0 Å². The summed E-state index contributed by atoms with van der Waals surface area (Å²) in [6.07, 6.45) is 12.7. The smallest absolute Gasteiger partial charge is 0.0450 e. The molecule has 0 aliphatic rings. The van der Waals surface area contributed by atoms with Gasteiger partial charge in [0.25, 0.3) is 0 Å². The fourth-order valence-corrected chi connectivity index (χ4v) is 2.09. The summed E-state index contributed by atoms with van der Waals surface area (Å²) in [5.74, 6) is 1.08. The highest BCUT2D eigenvalue weighted by atomic mass is 15.5. The van der Waals surface area contributed by atoms with E-state index in [1.54, 1.807) is 6.20 Å². The maximum Gasteiger partial charge on any atom is 0.0450 e. The van der Waals surface area contributed by atoms with Gasteiger partial charge in [0.15, 0.2) is 0 Å². The zero-order chi connectivity index (χ0) is 14.7. The maximum absolute atomic E-state index is 5.70. The lowest BCUT2D eigenvalue weighted by Gasteiger charge is -2.25. The van der Waals surface area contributed by atoms with Crippen LogP contribution in [-0.2, 0) is 0 Å². The van der Waals surface area contributed by atoms with Crippen LogP contribution in [0.2, 0.25) is 0 Å². The van der Waals surface area contributed by atoms with E-state index in [0.29, 0.717) is 11.8 Å². The van der Waals surface area contributed by atoms with Gasteiger partial charge in [0.1, 0.15) is 0 Å². The lowest BCUT2D eigenvalue weighted by molar-refractivity contribution is 0.303. The summed E-state index contributed by atoms with van der Waals surface area (Å²) in [4.78, 5) is 0. The molecule has 0 saturated carbocycles. The summed E-state index contributed by atoms with van der Waals surface area (Å²) in [6.45, 7) is 8.38. The predicted octanol–water partition coefficient (Wildman–Crippen LogP) is 3.43. The summed E-state index contributed by atoms with van der Waals surface area (Å²) in [6, 6.07) is 0. The molecule has 0 spiro atoms. The van der Waals surface area contributed by atoms with Crippen molar-refractivity contribution in [3.63, 3.8) is 0 Å². The molecular formula is C16H31N3. The van der Waals surface area contributed by atoms with E-state index in [9.17, 15) is 0 Å². The minimum Gasteiger partial charge on any atom is -0.403 e. The van der Waals surface area contributed by atoms with Gasteiger partial charge < -0.3 is 10.7 Å². The van der Waals surface area contributed by atoms with Gasteiger partial charge in [0.05, 0.1) is 0 Å². The molecule has 0 saturated heterocycles. The van der Waals surface area contributed by atoms with Crippen LogP contribution >= 0.6 is 0 Å². The average Bonchev–Trinajstić information content (AvgIpc) is 2.45. The quantitative estimate of drug-likeness (QED) is 0.470. The minimum absolute atomic E-state index is 0.456. The van der Waals surface area contributed by atoms with E-state index in [1.807, 2.05) is 19.1 Å². The van der Waals surface area contributed by atoms with Crippen LogP contribution in [0.5, 0.6) is 0 Å². The van der Waals surface area contributed by atoms with Crippen molar-refractivity contribution in [2.75, 3.05) is 14.1 Å². The molecule has 3 nitrogen and oxygen atoms in total. The number of nitrogens with one attached hydrogen (secondary N) is 1. The Kier molecular flexibility index (Phi) is 9.99. The second-order valence-electron chi connectivity index (χ2n) is 4.88. The van der Waals surface area contributed by atoms with Gasteiger partial charge in [-0.2, -0.15) is 0 Å². The second-order valence-corrected chi connectivity index (χ2v) is 4.88. The Morgan fingerprint density at radius 2 is 2.05 bits per heavy atom. The molecule has 0 aliphatic heterocycles. The topological polar surface area (TPSA) is 41.3 Å². The van der Waals surface area contributed by atoms with Crippen molar-refractivity contribution in [1.82, 2.24) is 10.4 Å². The van der Waals surface area contributed by atoms with Gasteiger partial charge in [-0.15, -0.1) is 6.58 Å². The van der Waals surface area contributed by atoms with E-state index in [-0.39, 0.29) is 0 Å². The van der Waals surface area contributed by atoms with Crippen LogP contribution in [-0.4, -0.2) is 19.1 Å². The Labute approximate surface area is 119 Å². The first-order valence-electron chi connectivity index (χ1n) is 7.23. The summed E-state index contributed by atoms with van der Waals surface area (Å²) >= 11 is 0. The van der Waals surface area contributed by atoms with Crippen molar-refractivity contribution in [2.24, 2.45) is 17.6 Å². The highest BCUT2D eigenvalue weighted by Gasteiger charge is 2.14. The molecule has 3 heteroatoms. The number of hydrogen-bond donors (Lipinski definition) is 2. The van der Waals surface area contributed by atoms with E-state index in [4.69, 9.17) is 5.73 Å². The molecule has 2 unspecified atom stereocenters. The van der Waals surface area contributed by atoms with Gasteiger partial charge in [-0.1, -0.05) is 32.1 Å². The summed E-state index contributed by atoms with van der Waals surface area (Å²) in [5.41, 5.74) is 9.89. The Bertz CT molecular complexity index is 294. The first kappa shape index (κ1) is 17.8. The number of hydrazine groups is 1. The van der Waals surface area contributed by atoms with Crippen LogP contribution in [0.1, 0.15) is 39.5 Å². The molecule has 0 radical (unpaired) electrons. The number of rotatable bonds is 10. The van der Waals surface area contributed by atoms with Crippen molar-refractivity contribution >= 4 is 0 Å². The third-order valence-electron chi connectivity index (χ3n) is 3.54. The van der Waals surface area contributed by atoms with E-state index in [0.717, 1.165) is 25.0 Å². The lowest BCUT2D eigenvalue weighted by Crippen LogP contribution is -2.31. The highest BCUT2D eigenvalue weighted by molar-refractivity contribution is 5.02. The molecule has 0 rings (SSSR count). The number of nitrogens with zero attached hydrogens (tertiary/aromatic N) is 1. The molecule has 0 fully saturated rings. The highest BCUT2D eigenvalue weighted by Crippen LogP contribution is 2.24. The van der Waals surface area contributed by atoms with E-state index in [2.05, 4.69) is 44.1 Å². The molecule has 0 aromatic rings. The third-order valence-corrected chi connectivity index (χ3v) is 3.54. The maximum atomic E-state index is 5.70. The van der Waals surface area contributed by atoms with Crippen LogP contribution in [0.3, 0.4) is 0 Å². The SMILES string of the molecule is C=CC(C/C(=C\N)N(C)NC)CC(/C=C/CC)CC. The van der Waals surface area contributed by atoms with Crippen molar-refractivity contribution in [3.8, 4) is 0 Å². The van der Waals surface area contributed by atoms with Gasteiger partial charge in [-0.05, 0) is 37.5 Å². The molecule has 0 aromatic carbocycles. The van der Waals surface area contributed by atoms with Crippen LogP contribution in [0, 0.1) is 11.8 Å². The fraction of sp³-hybridized carbons (Fsp3) is 0.625. The number of nitrogens with two attached hydrogens (primary N) is 1. The van der Waals surface area contributed by atoms with E-state index in [1.165, 1.54) is 6.42 Å². The van der Waals surface area contributed by atoms with Crippen molar-refractivity contribution in [1.29, 1.82) is 0 Å². The summed E-state index contributed by atoms with van der Waals surface area (Å²) < 4.78 is 0. The van der Waals surface area contributed by atoms with Crippen LogP contribution in [0.25, 0.3) is 0 Å². The molecule has 0 heterocycles. The predicted molar refractivity (Wildman–Crippen MR) is 85.2 cm³/mol. The van der Waals surface area contributed by atoms with Crippen LogP contribution in [0.15, 0.2) is 36.7 Å². The second kappa shape index (κ2) is 10.7. The largest absolute Gasteiger partial charge is 0.403 e. The zero-order valence-electron chi connectivity index (χ0n) is 13.0. The van der Waals surface area contributed by atoms with Crippen molar-refractivity contribution in [2.45, 2.75) is 39.5 Å². The first-order valence-corrected chi connectivity index (χ1v) is 7.23. The molecule has 0 bridgehead atoms. The molecule has 3 N–H and O–H groups in total. The molecule has 0 aliphatic carbocycles. The normalized spacial score (nSPS) is 15.5. The summed E-state index contributed by atoms with van der Waals surface area (Å²) in [5, 5.41) is 1.96. The van der Waals surface area contributed by atoms with Gasteiger partial charge in [-0.3, -0.25) is 0 Å². The monoisotopic (exact) mass is 265 g/mol. The number of hydrogen-bond acceptors (Lipinski definition) is 3. The van der Waals surface area contributed by atoms with Crippen molar-refractivity contribution < 1.29 is 0 Å². The molecule has 19 heavy (non-hydrogen) atoms. The standard InChI is InChI=1S/C16H31N3/c1-6-9-10-14(7-2)11-15(8-3)12-16(13-17)19(5)18-4/h8-10,13-15,18H,3,6-7,11-12,17H2,1-2,4-5H3/b10-9+,16-13+. The zero-order valence-corrected chi connectivity index (χ0v) is 13.0. The summed E-state index contributed by atoms with van der Waals surface area (Å²) in [7, 11) is 3.87. The van der Waals surface area contributed by atoms with Gasteiger partial charge in [0.2, 0.25) is 0 Å². The van der Waals surface area contributed by atoms with Gasteiger partial charge in [0, 0.05) is 26.0 Å². The Morgan fingerprint density at radius 1 is 1.37 bits per heavy atom. The number of allylic oxidation sites excluding steroid dienone is 4. The fourth-order valence-electron chi connectivity index (χ4n) is 2.09. The first-order chi connectivity index (χ1) is 9.12. The van der Waals surface area contributed by atoms with Gasteiger partial charge in [-0.25, -0.2) is 5.43 Å². The molecule has 0 aromatic heterocycles. The molecule has 0 amide bonds. The Morgan fingerprint density at radius 3 is 2.47 bits per heavy atom. The Hall–Kier alpha value is -1.22. The Balaban J connectivity index is 4.56. The minimum atomic E-state index is 0.456. The lowest BCUT2D eigenvalue weighted by atomic mass is 9.89. The van der Waals surface area contributed by atoms with Crippen LogP contribution in [0.4, 0.5) is 0 Å². The molecule has 2 atom stereocenters. The molecule has 110 valence electrons. The van der Waals surface area contributed by atoms with Crippen molar-refractivity contribution in [3.05, 3.63) is 36.7 Å².